The van der Waals surface area contributed by atoms with Crippen molar-refractivity contribution in [3.8, 4) is 0 Å². The fourth-order valence-corrected chi connectivity index (χ4v) is 8.10. The van der Waals surface area contributed by atoms with Crippen molar-refractivity contribution in [2.45, 2.75) is 263 Å². The van der Waals surface area contributed by atoms with Crippen LogP contribution in [0.1, 0.15) is 245 Å². The summed E-state index contributed by atoms with van der Waals surface area (Å²) >= 11 is 0. The fourth-order valence-electron chi connectivity index (χ4n) is 7.33. The molecule has 372 valence electrons. The quantitative estimate of drug-likeness (QED) is 0.0198. The molecule has 1 unspecified atom stereocenters. The summed E-state index contributed by atoms with van der Waals surface area (Å²) < 4.78 is 33.0. The summed E-state index contributed by atoms with van der Waals surface area (Å²) in [5, 5.41) is 28.2. The summed E-state index contributed by atoms with van der Waals surface area (Å²) in [4.78, 5) is 35.3. The third-order valence-corrected chi connectivity index (χ3v) is 12.4. The van der Waals surface area contributed by atoms with Crippen LogP contribution in [0.4, 0.5) is 0 Å². The molecule has 0 bridgehead atoms. The van der Waals surface area contributed by atoms with E-state index >= 15 is 0 Å². The Labute approximate surface area is 385 Å². The molecule has 4 N–H and O–H groups in total. The molecule has 0 fully saturated rings. The van der Waals surface area contributed by atoms with Crippen LogP contribution in [-0.4, -0.2) is 76.9 Å². The number of carbonyl (C=O) groups excluding carboxylic acids is 2. The number of phosphoric acid groups is 1. The van der Waals surface area contributed by atoms with Crippen LogP contribution in [0.3, 0.4) is 0 Å². The Balaban J connectivity index is 4.32. The Morgan fingerprint density at radius 2 is 0.794 bits per heavy atom. The van der Waals surface area contributed by atoms with Crippen molar-refractivity contribution in [1.82, 2.24) is 0 Å². The van der Waals surface area contributed by atoms with Gasteiger partial charge in [-0.15, -0.1) is 0 Å². The zero-order valence-electron chi connectivity index (χ0n) is 40.4. The fraction of sp³-hybridized carbons (Fsp3) is 0.882. The molecule has 0 amide bonds. The predicted octanol–water partition coefficient (Wildman–Crippen LogP) is 13.5. The Kier molecular flexibility index (Phi) is 45.7. The maximum atomic E-state index is 12.7. The van der Waals surface area contributed by atoms with Gasteiger partial charge in [0.05, 0.1) is 19.8 Å². The van der Waals surface area contributed by atoms with E-state index in [2.05, 4.69) is 38.2 Å². The van der Waals surface area contributed by atoms with Gasteiger partial charge in [-0.1, -0.05) is 192 Å². The van der Waals surface area contributed by atoms with Gasteiger partial charge in [0.1, 0.15) is 18.8 Å². The van der Waals surface area contributed by atoms with Crippen molar-refractivity contribution in [2.75, 3.05) is 26.4 Å². The molecule has 0 spiro atoms. The van der Waals surface area contributed by atoms with Crippen LogP contribution in [0.5, 0.6) is 0 Å². The third kappa shape index (κ3) is 45.4. The van der Waals surface area contributed by atoms with Gasteiger partial charge in [0.25, 0.3) is 0 Å². The molecule has 0 saturated heterocycles. The lowest BCUT2D eigenvalue weighted by molar-refractivity contribution is -0.161. The first-order valence-electron chi connectivity index (χ1n) is 25.9. The lowest BCUT2D eigenvalue weighted by atomic mass is 10.1. The van der Waals surface area contributed by atoms with E-state index in [1.807, 2.05) is 0 Å². The van der Waals surface area contributed by atoms with E-state index in [1.165, 1.54) is 135 Å². The summed E-state index contributed by atoms with van der Waals surface area (Å²) in [6, 6.07) is 0. The summed E-state index contributed by atoms with van der Waals surface area (Å²) in [7, 11) is -4.74. The predicted molar refractivity (Wildman–Crippen MR) is 258 cm³/mol. The number of phosphoric ester groups is 1. The molecule has 0 saturated carbocycles. The van der Waals surface area contributed by atoms with Gasteiger partial charge in [0, 0.05) is 12.8 Å². The van der Waals surface area contributed by atoms with Crippen molar-refractivity contribution in [2.24, 2.45) is 0 Å². The average molecular weight is 917 g/mol. The number of carbonyl (C=O) groups is 2. The van der Waals surface area contributed by atoms with Crippen LogP contribution in [-0.2, 0) is 32.7 Å². The number of unbranched alkanes of at least 4 members (excludes halogenated alkanes) is 30. The van der Waals surface area contributed by atoms with Crippen molar-refractivity contribution >= 4 is 19.8 Å². The minimum absolute atomic E-state index is 0.153. The van der Waals surface area contributed by atoms with Crippen molar-refractivity contribution in [1.29, 1.82) is 0 Å². The topological polar surface area (TPSA) is 169 Å². The summed E-state index contributed by atoms with van der Waals surface area (Å²) in [6.45, 7) is 2.04. The summed E-state index contributed by atoms with van der Waals surface area (Å²) in [6.07, 6.45) is 46.3. The minimum Gasteiger partial charge on any atom is -0.462 e. The summed E-state index contributed by atoms with van der Waals surface area (Å²) in [5.74, 6) is -0.978. The third-order valence-electron chi connectivity index (χ3n) is 11.5. The monoisotopic (exact) mass is 917 g/mol. The smallest absolute Gasteiger partial charge is 0.462 e. The first-order chi connectivity index (χ1) is 30.6. The van der Waals surface area contributed by atoms with Gasteiger partial charge in [-0.25, -0.2) is 4.57 Å². The molecule has 0 rings (SSSR count). The van der Waals surface area contributed by atoms with Crippen LogP contribution >= 0.6 is 7.82 Å². The second-order valence-corrected chi connectivity index (χ2v) is 19.1. The molecular weight excluding hydrogens is 820 g/mol. The van der Waals surface area contributed by atoms with Gasteiger partial charge in [-0.2, -0.15) is 0 Å². The second kappa shape index (κ2) is 46.9. The zero-order chi connectivity index (χ0) is 46.3. The number of ether oxygens (including phenoxy) is 2. The van der Waals surface area contributed by atoms with Gasteiger partial charge < -0.3 is 29.7 Å². The maximum absolute atomic E-state index is 12.7. The van der Waals surface area contributed by atoms with Crippen molar-refractivity contribution < 1.29 is 52.9 Å². The van der Waals surface area contributed by atoms with Crippen molar-refractivity contribution in [3.05, 3.63) is 24.3 Å². The normalized spacial score (nSPS) is 14.3. The highest BCUT2D eigenvalue weighted by molar-refractivity contribution is 7.47. The highest BCUT2D eigenvalue weighted by Crippen LogP contribution is 2.43. The SMILES string of the molecule is CCCCCCCCCCCC=CCCCCCCCCC(=O)OC[C@H](COP(=O)(O)OC[C@@H](O)[C@H](O)CO)OC(=O)CCCCCCCC/C=C\CCCCCCCCCCC. The molecule has 12 heteroatoms. The van der Waals surface area contributed by atoms with E-state index in [0.717, 1.165) is 70.6 Å². The van der Waals surface area contributed by atoms with E-state index in [0.29, 0.717) is 12.8 Å². The Morgan fingerprint density at radius 1 is 0.460 bits per heavy atom. The summed E-state index contributed by atoms with van der Waals surface area (Å²) in [5.41, 5.74) is 0. The highest BCUT2D eigenvalue weighted by atomic mass is 31.2. The Bertz CT molecular complexity index is 1120. The van der Waals surface area contributed by atoms with E-state index in [-0.39, 0.29) is 19.4 Å². The molecular formula is C51H97O11P. The molecule has 4 atom stereocenters. The number of esters is 2. The van der Waals surface area contributed by atoms with E-state index < -0.39 is 57.9 Å². The molecule has 63 heavy (non-hydrogen) atoms. The van der Waals surface area contributed by atoms with Crippen LogP contribution in [0.2, 0.25) is 0 Å². The molecule has 0 aliphatic carbocycles. The molecule has 0 aromatic heterocycles. The molecule has 0 aliphatic heterocycles. The first-order valence-corrected chi connectivity index (χ1v) is 27.4. The highest BCUT2D eigenvalue weighted by Gasteiger charge is 2.28. The molecule has 0 aromatic rings. The van der Waals surface area contributed by atoms with Crippen LogP contribution in [0.15, 0.2) is 24.3 Å². The van der Waals surface area contributed by atoms with E-state index in [1.54, 1.807) is 0 Å². The first kappa shape index (κ1) is 61.4. The van der Waals surface area contributed by atoms with E-state index in [9.17, 15) is 29.3 Å². The number of aliphatic hydroxyl groups excluding tert-OH is 3. The molecule has 0 aliphatic rings. The Morgan fingerprint density at radius 3 is 1.17 bits per heavy atom. The van der Waals surface area contributed by atoms with Gasteiger partial charge in [-0.3, -0.25) is 18.6 Å². The number of hydrogen-bond acceptors (Lipinski definition) is 10. The maximum Gasteiger partial charge on any atom is 0.472 e. The largest absolute Gasteiger partial charge is 0.472 e. The minimum atomic E-state index is -4.74. The van der Waals surface area contributed by atoms with Gasteiger partial charge in [-0.05, 0) is 64.2 Å². The lowest BCUT2D eigenvalue weighted by Gasteiger charge is -2.21. The molecule has 11 nitrogen and oxygen atoms in total. The Hall–Kier alpha value is -1.59. The number of aliphatic hydroxyl groups is 3. The van der Waals surface area contributed by atoms with Gasteiger partial charge in [0.15, 0.2) is 6.10 Å². The zero-order valence-corrected chi connectivity index (χ0v) is 41.3. The average Bonchev–Trinajstić information content (AvgIpc) is 3.27. The molecule has 0 heterocycles. The van der Waals surface area contributed by atoms with E-state index in [4.69, 9.17) is 23.6 Å². The van der Waals surface area contributed by atoms with Crippen LogP contribution in [0, 0.1) is 0 Å². The number of allylic oxidation sites excluding steroid dienone is 4. The number of hydrogen-bond donors (Lipinski definition) is 4. The second-order valence-electron chi connectivity index (χ2n) is 17.7. The molecule has 0 aromatic carbocycles. The van der Waals surface area contributed by atoms with Gasteiger partial charge in [0.2, 0.25) is 0 Å². The van der Waals surface area contributed by atoms with Crippen LogP contribution in [0.25, 0.3) is 0 Å². The van der Waals surface area contributed by atoms with Gasteiger partial charge >= 0.3 is 19.8 Å². The lowest BCUT2D eigenvalue weighted by Crippen LogP contribution is -2.33. The number of rotatable bonds is 49. The van der Waals surface area contributed by atoms with Crippen LogP contribution < -0.4 is 0 Å². The standard InChI is InChI=1S/C51H97O11P/c1-3-5-7-9-11-13-15-17-19-21-23-25-27-29-31-33-35-37-39-41-50(55)59-44-47(45-60-63(57,58)61-46-49(54)48(53)43-52)62-51(56)42-40-38-36-34-32-30-28-26-24-22-20-18-16-14-12-10-8-6-4-2/h23-26,47-49,52-54H,3-22,27-46H2,1-2H3,(H,57,58)/b25-23?,26-24-/t47-,48-,49-/m1/s1. The van der Waals surface area contributed by atoms with Crippen molar-refractivity contribution in [3.63, 3.8) is 0 Å². The molecule has 0 radical (unpaired) electrons.